The van der Waals surface area contributed by atoms with Gasteiger partial charge in [-0.05, 0) is 31.8 Å². The van der Waals surface area contributed by atoms with E-state index in [0.29, 0.717) is 25.9 Å². The molecule has 0 fully saturated rings. The largest absolute Gasteiger partial charge is 0.395 e. The molecular formula is C22H39NO4. The summed E-state index contributed by atoms with van der Waals surface area (Å²) in [6.07, 6.45) is 18.2. The minimum atomic E-state index is -0.0680. The molecule has 0 rings (SSSR count). The Kier molecular flexibility index (Phi) is 18.3. The van der Waals surface area contributed by atoms with Gasteiger partial charge in [0, 0.05) is 25.9 Å². The van der Waals surface area contributed by atoms with E-state index >= 15 is 0 Å². The molecule has 0 aromatic heterocycles. The summed E-state index contributed by atoms with van der Waals surface area (Å²) < 4.78 is 0. The van der Waals surface area contributed by atoms with Crippen LogP contribution in [-0.4, -0.2) is 53.1 Å². The molecule has 0 aliphatic heterocycles. The number of ketones is 1. The summed E-state index contributed by atoms with van der Waals surface area (Å²) >= 11 is 0. The number of aliphatic hydroxyl groups excluding tert-OH is 2. The van der Waals surface area contributed by atoms with Crippen molar-refractivity contribution in [2.45, 2.75) is 77.6 Å². The molecule has 5 nitrogen and oxygen atoms in total. The molecule has 0 aliphatic rings. The van der Waals surface area contributed by atoms with E-state index in [4.69, 9.17) is 10.2 Å². The van der Waals surface area contributed by atoms with Gasteiger partial charge in [-0.25, -0.2) is 0 Å². The number of allylic oxidation sites excluding steroid dienone is 4. The number of carbonyl (C=O) groups is 2. The van der Waals surface area contributed by atoms with E-state index in [2.05, 4.69) is 13.0 Å². The van der Waals surface area contributed by atoms with Gasteiger partial charge >= 0.3 is 0 Å². The van der Waals surface area contributed by atoms with Gasteiger partial charge in [0.15, 0.2) is 5.78 Å². The maximum atomic E-state index is 11.9. The number of nitrogens with zero attached hydrogens (tertiary/aromatic N) is 1. The molecule has 0 radical (unpaired) electrons. The Labute approximate surface area is 165 Å². The lowest BCUT2D eigenvalue weighted by Crippen LogP contribution is -2.35. The zero-order chi connectivity index (χ0) is 20.2. The number of carbonyl (C=O) groups excluding carboxylic acids is 2. The van der Waals surface area contributed by atoms with Crippen molar-refractivity contribution >= 4 is 11.7 Å². The number of hydrogen-bond acceptors (Lipinski definition) is 4. The highest BCUT2D eigenvalue weighted by Crippen LogP contribution is 2.09. The Morgan fingerprint density at radius 2 is 1.44 bits per heavy atom. The average molecular weight is 382 g/mol. The molecule has 0 unspecified atom stereocenters. The monoisotopic (exact) mass is 381 g/mol. The van der Waals surface area contributed by atoms with Crippen LogP contribution in [0, 0.1) is 0 Å². The molecule has 156 valence electrons. The van der Waals surface area contributed by atoms with E-state index < -0.39 is 0 Å². The van der Waals surface area contributed by atoms with Crippen molar-refractivity contribution in [2.75, 3.05) is 26.3 Å². The van der Waals surface area contributed by atoms with Crippen LogP contribution in [0.5, 0.6) is 0 Å². The average Bonchev–Trinajstić information content (AvgIpc) is 2.66. The lowest BCUT2D eigenvalue weighted by Gasteiger charge is -2.20. The topological polar surface area (TPSA) is 77.8 Å². The molecule has 5 heteroatoms. The summed E-state index contributed by atoms with van der Waals surface area (Å²) in [5, 5.41) is 17.9. The van der Waals surface area contributed by atoms with Gasteiger partial charge in [-0.3, -0.25) is 9.59 Å². The van der Waals surface area contributed by atoms with E-state index in [-0.39, 0.29) is 24.9 Å². The van der Waals surface area contributed by atoms with Crippen molar-refractivity contribution in [3.63, 3.8) is 0 Å². The minimum Gasteiger partial charge on any atom is -0.395 e. The second kappa shape index (κ2) is 19.3. The number of rotatable bonds is 18. The summed E-state index contributed by atoms with van der Waals surface area (Å²) in [5.74, 6) is 0.219. The third-order valence-electron chi connectivity index (χ3n) is 4.41. The van der Waals surface area contributed by atoms with Gasteiger partial charge < -0.3 is 15.1 Å². The molecule has 0 aliphatic carbocycles. The first-order valence-corrected chi connectivity index (χ1v) is 10.5. The van der Waals surface area contributed by atoms with Gasteiger partial charge in [-0.15, -0.1) is 0 Å². The van der Waals surface area contributed by atoms with Gasteiger partial charge in [0.2, 0.25) is 5.91 Å². The van der Waals surface area contributed by atoms with Crippen LogP contribution in [0.3, 0.4) is 0 Å². The van der Waals surface area contributed by atoms with Crippen LogP contribution in [0.4, 0.5) is 0 Å². The standard InChI is InChI=1S/C22H39NO4/c1-2-3-11-14-21(26)15-12-9-7-5-4-6-8-10-13-16-22(27)23(17-19-24)18-20-25/h7,9,12,15,24-25H,2-6,8,10-11,13-14,16-20H2,1H3/b9-7+,15-12+. The van der Waals surface area contributed by atoms with Crippen LogP contribution in [0.1, 0.15) is 77.6 Å². The molecule has 0 heterocycles. The maximum absolute atomic E-state index is 11.9. The fraction of sp³-hybridized carbons (Fsp3) is 0.727. The van der Waals surface area contributed by atoms with Crippen molar-refractivity contribution in [3.05, 3.63) is 24.3 Å². The third kappa shape index (κ3) is 16.4. The van der Waals surface area contributed by atoms with Gasteiger partial charge in [0.1, 0.15) is 0 Å². The van der Waals surface area contributed by atoms with Crippen LogP contribution in [0.25, 0.3) is 0 Å². The van der Waals surface area contributed by atoms with Gasteiger partial charge in [0.05, 0.1) is 13.2 Å². The molecule has 1 amide bonds. The summed E-state index contributed by atoms with van der Waals surface area (Å²) in [6.45, 7) is 2.59. The highest BCUT2D eigenvalue weighted by Gasteiger charge is 2.11. The molecule has 27 heavy (non-hydrogen) atoms. The lowest BCUT2D eigenvalue weighted by molar-refractivity contribution is -0.132. The smallest absolute Gasteiger partial charge is 0.222 e. The van der Waals surface area contributed by atoms with Crippen molar-refractivity contribution in [3.8, 4) is 0 Å². The second-order valence-corrected chi connectivity index (χ2v) is 6.85. The Bertz CT molecular complexity index is 426. The molecule has 0 saturated heterocycles. The van der Waals surface area contributed by atoms with Crippen molar-refractivity contribution in [1.29, 1.82) is 0 Å². The molecule has 0 atom stereocenters. The molecule has 0 aromatic rings. The second-order valence-electron chi connectivity index (χ2n) is 6.85. The molecule has 0 bridgehead atoms. The first kappa shape index (κ1) is 25.5. The van der Waals surface area contributed by atoms with E-state index in [1.165, 1.54) is 4.90 Å². The summed E-state index contributed by atoms with van der Waals surface area (Å²) in [6, 6.07) is 0. The summed E-state index contributed by atoms with van der Waals surface area (Å²) in [4.78, 5) is 25.0. The van der Waals surface area contributed by atoms with Crippen molar-refractivity contribution < 1.29 is 19.8 Å². The maximum Gasteiger partial charge on any atom is 0.222 e. The van der Waals surface area contributed by atoms with Crippen LogP contribution in [0.2, 0.25) is 0 Å². The molecule has 0 spiro atoms. The quantitative estimate of drug-likeness (QED) is 0.215. The SMILES string of the molecule is CCCCCC(=O)/C=C/C=C/CCCCCCCC(=O)N(CCO)CCO. The lowest BCUT2D eigenvalue weighted by atomic mass is 10.1. The summed E-state index contributed by atoms with van der Waals surface area (Å²) in [7, 11) is 0. The van der Waals surface area contributed by atoms with Crippen molar-refractivity contribution in [1.82, 2.24) is 4.90 Å². The third-order valence-corrected chi connectivity index (χ3v) is 4.41. The molecular weight excluding hydrogens is 342 g/mol. The molecule has 0 aromatic carbocycles. The number of hydrogen-bond donors (Lipinski definition) is 2. The van der Waals surface area contributed by atoms with Crippen molar-refractivity contribution in [2.24, 2.45) is 0 Å². The van der Waals surface area contributed by atoms with E-state index in [9.17, 15) is 9.59 Å². The fourth-order valence-corrected chi connectivity index (χ4v) is 2.80. The fourth-order valence-electron chi connectivity index (χ4n) is 2.80. The Balaban J connectivity index is 3.61. The van der Waals surface area contributed by atoms with Gasteiger partial charge in [0.25, 0.3) is 0 Å². The van der Waals surface area contributed by atoms with Crippen LogP contribution in [0.15, 0.2) is 24.3 Å². The number of amides is 1. The Hall–Kier alpha value is -1.46. The first-order valence-electron chi connectivity index (χ1n) is 10.5. The van der Waals surface area contributed by atoms with E-state index in [1.54, 1.807) is 6.08 Å². The Morgan fingerprint density at radius 1 is 0.815 bits per heavy atom. The minimum absolute atomic E-state index is 0.0112. The predicted octanol–water partition coefficient (Wildman–Crippen LogP) is 3.79. The van der Waals surface area contributed by atoms with E-state index in [0.717, 1.165) is 57.8 Å². The normalized spacial score (nSPS) is 11.5. The first-order chi connectivity index (χ1) is 13.2. The van der Waals surface area contributed by atoms with Crippen LogP contribution >= 0.6 is 0 Å². The van der Waals surface area contributed by atoms with Crippen LogP contribution in [-0.2, 0) is 9.59 Å². The van der Waals surface area contributed by atoms with Crippen LogP contribution < -0.4 is 0 Å². The molecule has 2 N–H and O–H groups in total. The summed E-state index contributed by atoms with van der Waals surface area (Å²) in [5.41, 5.74) is 0. The number of aliphatic hydroxyl groups is 2. The zero-order valence-corrected chi connectivity index (χ0v) is 17.1. The van der Waals surface area contributed by atoms with Gasteiger partial charge in [-0.1, -0.05) is 57.3 Å². The van der Waals surface area contributed by atoms with E-state index in [1.807, 2.05) is 12.2 Å². The highest BCUT2D eigenvalue weighted by atomic mass is 16.3. The number of unbranched alkanes of at least 4 members (excludes halogenated alkanes) is 7. The predicted molar refractivity (Wildman–Crippen MR) is 110 cm³/mol. The zero-order valence-electron chi connectivity index (χ0n) is 17.1. The molecule has 0 saturated carbocycles. The highest BCUT2D eigenvalue weighted by molar-refractivity contribution is 5.89. The Morgan fingerprint density at radius 3 is 2.11 bits per heavy atom. The van der Waals surface area contributed by atoms with Gasteiger partial charge in [-0.2, -0.15) is 0 Å².